The molecular weight excluding hydrogens is 629 g/mol. The molecule has 2 N–H and O–H groups in total. The van der Waals surface area contributed by atoms with Crippen LogP contribution < -0.4 is 20.1 Å². The van der Waals surface area contributed by atoms with Crippen molar-refractivity contribution in [1.29, 1.82) is 0 Å². The number of hydrogen-bond acceptors (Lipinski definition) is 7. The number of carbonyl (C=O) groups excluding carboxylic acids is 1. The topological polar surface area (TPSA) is 90.3 Å². The van der Waals surface area contributed by atoms with Crippen LogP contribution in [0.2, 0.25) is 10.0 Å². The average molecular weight is 659 g/mol. The van der Waals surface area contributed by atoms with Crippen LogP contribution in [0.25, 0.3) is 0 Å². The van der Waals surface area contributed by atoms with E-state index >= 15 is 0 Å². The molecular formula is C34H29Cl2N5O3S. The Labute approximate surface area is 275 Å². The predicted octanol–water partition coefficient (Wildman–Crippen LogP) is 8.39. The first-order valence-electron chi connectivity index (χ1n) is 14.1. The van der Waals surface area contributed by atoms with Gasteiger partial charge < -0.3 is 20.1 Å². The minimum atomic E-state index is -0.568. The van der Waals surface area contributed by atoms with Crippen molar-refractivity contribution in [3.8, 4) is 11.5 Å². The summed E-state index contributed by atoms with van der Waals surface area (Å²) in [6, 6.07) is 29.8. The Hall–Kier alpha value is -4.44. The van der Waals surface area contributed by atoms with Gasteiger partial charge in [-0.25, -0.2) is 4.68 Å². The van der Waals surface area contributed by atoms with Gasteiger partial charge in [0.2, 0.25) is 11.1 Å². The molecule has 0 bridgehead atoms. The average Bonchev–Trinajstić information content (AvgIpc) is 3.46. The quantitative estimate of drug-likeness (QED) is 0.146. The van der Waals surface area contributed by atoms with Gasteiger partial charge in [0.05, 0.1) is 18.4 Å². The van der Waals surface area contributed by atoms with Crippen molar-refractivity contribution in [2.24, 2.45) is 0 Å². The molecule has 6 rings (SSSR count). The van der Waals surface area contributed by atoms with E-state index in [1.165, 1.54) is 17.3 Å². The van der Waals surface area contributed by atoms with Crippen LogP contribution in [0.15, 0.2) is 113 Å². The SMILES string of the molecule is COc1ccccc1NC(=O)C1=C(C)Nc2nc(SCc3ccccc3)nn2C1c1ccc(OCc2c(Cl)cccc2Cl)cc1. The zero-order valence-corrected chi connectivity index (χ0v) is 26.8. The molecule has 1 aromatic heterocycles. The maximum atomic E-state index is 14.0. The predicted molar refractivity (Wildman–Crippen MR) is 179 cm³/mol. The number of methoxy groups -OCH3 is 1. The van der Waals surface area contributed by atoms with Gasteiger partial charge >= 0.3 is 0 Å². The summed E-state index contributed by atoms with van der Waals surface area (Å²) in [6.45, 7) is 2.08. The second-order valence-electron chi connectivity index (χ2n) is 10.2. The largest absolute Gasteiger partial charge is 0.495 e. The van der Waals surface area contributed by atoms with E-state index in [1.807, 2.05) is 61.5 Å². The first kappa shape index (κ1) is 30.6. The molecule has 1 aliphatic rings. The summed E-state index contributed by atoms with van der Waals surface area (Å²) < 4.78 is 13.3. The van der Waals surface area contributed by atoms with Crippen molar-refractivity contribution < 1.29 is 14.3 Å². The Morgan fingerprint density at radius 1 is 0.956 bits per heavy atom. The summed E-state index contributed by atoms with van der Waals surface area (Å²) in [5.74, 6) is 2.16. The van der Waals surface area contributed by atoms with Gasteiger partial charge in [-0.05, 0) is 54.4 Å². The molecule has 0 saturated heterocycles. The number of ether oxygens (including phenoxy) is 2. The molecule has 5 aromatic rings. The molecule has 45 heavy (non-hydrogen) atoms. The molecule has 2 heterocycles. The van der Waals surface area contributed by atoms with E-state index in [0.717, 1.165) is 5.56 Å². The van der Waals surface area contributed by atoms with Crippen molar-refractivity contribution in [1.82, 2.24) is 14.8 Å². The number of nitrogens with one attached hydrogen (secondary N) is 2. The van der Waals surface area contributed by atoms with Crippen LogP contribution in [0.1, 0.15) is 29.7 Å². The number of amides is 1. The van der Waals surface area contributed by atoms with Gasteiger partial charge in [-0.2, -0.15) is 4.98 Å². The fourth-order valence-corrected chi connectivity index (χ4v) is 6.32. The standard InChI is InChI=1S/C34H29Cl2N5O3S/c1-21-30(32(42)38-28-13-6-7-14-29(28)43-2)31(41-33(37-21)39-34(40-41)45-20-22-9-4-3-5-10-22)23-15-17-24(18-16-23)44-19-25-26(35)11-8-12-27(25)36/h3-18,31H,19-20H2,1-2H3,(H,38,42)(H,37,39,40). The summed E-state index contributed by atoms with van der Waals surface area (Å²) in [6.07, 6.45) is 0. The lowest BCUT2D eigenvalue weighted by atomic mass is 9.95. The number of halogens is 2. The smallest absolute Gasteiger partial charge is 0.255 e. The third-order valence-electron chi connectivity index (χ3n) is 7.28. The number of fused-ring (bicyclic) bond motifs is 1. The van der Waals surface area contributed by atoms with Gasteiger partial charge in [-0.15, -0.1) is 5.10 Å². The molecule has 8 nitrogen and oxygen atoms in total. The second kappa shape index (κ2) is 13.7. The number of benzene rings is 4. The van der Waals surface area contributed by atoms with Crippen molar-refractivity contribution in [2.45, 2.75) is 30.5 Å². The van der Waals surface area contributed by atoms with Gasteiger partial charge in [0.25, 0.3) is 5.91 Å². The summed E-state index contributed by atoms with van der Waals surface area (Å²) >= 11 is 14.2. The van der Waals surface area contributed by atoms with Crippen LogP contribution >= 0.6 is 35.0 Å². The highest BCUT2D eigenvalue weighted by atomic mass is 35.5. The highest BCUT2D eigenvalue weighted by molar-refractivity contribution is 7.98. The Morgan fingerprint density at radius 2 is 1.67 bits per heavy atom. The highest BCUT2D eigenvalue weighted by Gasteiger charge is 2.34. The lowest BCUT2D eigenvalue weighted by Crippen LogP contribution is -2.31. The minimum absolute atomic E-state index is 0.214. The molecule has 4 aromatic carbocycles. The van der Waals surface area contributed by atoms with E-state index < -0.39 is 6.04 Å². The van der Waals surface area contributed by atoms with Gasteiger partial charge in [0.15, 0.2) is 0 Å². The zero-order chi connectivity index (χ0) is 31.3. The number of thioether (sulfide) groups is 1. The molecule has 0 saturated carbocycles. The number of anilines is 2. The van der Waals surface area contributed by atoms with Crippen LogP contribution in [-0.2, 0) is 17.2 Å². The third kappa shape index (κ3) is 6.81. The molecule has 0 spiro atoms. The van der Waals surface area contributed by atoms with E-state index in [1.54, 1.807) is 42.1 Å². The summed E-state index contributed by atoms with van der Waals surface area (Å²) in [7, 11) is 1.57. The second-order valence-corrected chi connectivity index (χ2v) is 12.0. The summed E-state index contributed by atoms with van der Waals surface area (Å²) in [4.78, 5) is 18.7. The van der Waals surface area contributed by atoms with Gasteiger partial charge in [-0.3, -0.25) is 4.79 Å². The van der Waals surface area contributed by atoms with E-state index in [0.29, 0.717) is 60.9 Å². The van der Waals surface area contributed by atoms with E-state index in [-0.39, 0.29) is 12.5 Å². The van der Waals surface area contributed by atoms with E-state index in [9.17, 15) is 4.79 Å². The van der Waals surface area contributed by atoms with Crippen molar-refractivity contribution in [3.05, 3.63) is 135 Å². The van der Waals surface area contributed by atoms with Crippen LogP contribution in [0.3, 0.4) is 0 Å². The monoisotopic (exact) mass is 657 g/mol. The van der Waals surface area contributed by atoms with Crippen LogP contribution in [0, 0.1) is 0 Å². The molecule has 1 unspecified atom stereocenters. The highest BCUT2D eigenvalue weighted by Crippen LogP contribution is 2.38. The number of aromatic nitrogens is 3. The van der Waals surface area contributed by atoms with Crippen LogP contribution in [-0.4, -0.2) is 27.8 Å². The van der Waals surface area contributed by atoms with Crippen molar-refractivity contribution >= 4 is 52.5 Å². The molecule has 228 valence electrons. The van der Waals surface area contributed by atoms with Gasteiger partial charge in [0.1, 0.15) is 24.1 Å². The summed E-state index contributed by atoms with van der Waals surface area (Å²) in [5.41, 5.74) is 4.43. The number of rotatable bonds is 10. The maximum Gasteiger partial charge on any atom is 0.255 e. The zero-order valence-electron chi connectivity index (χ0n) is 24.5. The van der Waals surface area contributed by atoms with Gasteiger partial charge in [-0.1, -0.05) is 95.6 Å². The van der Waals surface area contributed by atoms with Crippen LogP contribution in [0.5, 0.6) is 11.5 Å². The molecule has 1 amide bonds. The van der Waals surface area contributed by atoms with Crippen molar-refractivity contribution in [3.63, 3.8) is 0 Å². The van der Waals surface area contributed by atoms with Crippen molar-refractivity contribution in [2.75, 3.05) is 17.7 Å². The fourth-order valence-electron chi connectivity index (χ4n) is 5.03. The summed E-state index contributed by atoms with van der Waals surface area (Å²) in [5, 5.41) is 12.9. The number of nitrogens with zero attached hydrogens (tertiary/aromatic N) is 3. The first-order chi connectivity index (χ1) is 21.9. The molecule has 1 atom stereocenters. The Balaban J connectivity index is 1.31. The Bertz CT molecular complexity index is 1840. The number of hydrogen-bond donors (Lipinski definition) is 2. The lowest BCUT2D eigenvalue weighted by Gasteiger charge is -2.29. The van der Waals surface area contributed by atoms with E-state index in [4.69, 9.17) is 42.8 Å². The Morgan fingerprint density at radius 3 is 2.40 bits per heavy atom. The first-order valence-corrected chi connectivity index (χ1v) is 15.9. The third-order valence-corrected chi connectivity index (χ3v) is 8.90. The Kier molecular flexibility index (Phi) is 9.30. The van der Waals surface area contributed by atoms with Crippen LogP contribution in [0.4, 0.5) is 11.6 Å². The number of para-hydroxylation sites is 2. The molecule has 11 heteroatoms. The minimum Gasteiger partial charge on any atom is -0.495 e. The normalized spacial score (nSPS) is 14.0. The lowest BCUT2D eigenvalue weighted by molar-refractivity contribution is -0.113. The fraction of sp³-hybridized carbons (Fsp3) is 0.147. The number of allylic oxidation sites excluding steroid dienone is 1. The molecule has 1 aliphatic heterocycles. The number of carbonyl (C=O) groups is 1. The molecule has 0 aliphatic carbocycles. The maximum absolute atomic E-state index is 14.0. The van der Waals surface area contributed by atoms with E-state index in [2.05, 4.69) is 22.8 Å². The molecule has 0 fully saturated rings. The molecule has 0 radical (unpaired) electrons. The van der Waals surface area contributed by atoms with Gasteiger partial charge in [0, 0.05) is 27.1 Å².